The van der Waals surface area contributed by atoms with Crippen LogP contribution in [0.3, 0.4) is 0 Å². The summed E-state index contributed by atoms with van der Waals surface area (Å²) in [4.78, 5) is 37.5. The first-order valence-corrected chi connectivity index (χ1v) is 23.0. The summed E-state index contributed by atoms with van der Waals surface area (Å²) in [6.45, 7) is 6.66. The van der Waals surface area contributed by atoms with Gasteiger partial charge in [0.15, 0.2) is 0 Å². The van der Waals surface area contributed by atoms with E-state index in [1.807, 2.05) is 0 Å². The molecule has 0 aliphatic carbocycles. The number of hydrogen-bond donors (Lipinski definition) is 0. The minimum Gasteiger partial charge on any atom is -0.0654 e. The molecule has 0 aromatic carbocycles. The smallest absolute Gasteiger partial charge is 0.0654 e. The first kappa shape index (κ1) is 44.2. The average molecular weight is 745 g/mol. The molecule has 0 amide bonds. The van der Waals surface area contributed by atoms with Gasteiger partial charge in [-0.05, 0) is 0 Å². The van der Waals surface area contributed by atoms with Crippen molar-refractivity contribution in [1.82, 2.24) is 0 Å². The Kier molecular flexibility index (Phi) is 35.4. The van der Waals surface area contributed by atoms with Crippen LogP contribution in [0.1, 0.15) is 226 Å². The molecule has 0 rings (SSSR count). The molecular weight excluding hydrogens is 671 g/mol. The molecule has 1 radical (unpaired) electrons. The van der Waals surface area contributed by atoms with Crippen molar-refractivity contribution >= 4 is 38.9 Å². The Labute approximate surface area is 287 Å². The van der Waals surface area contributed by atoms with E-state index in [1.165, 1.54) is 116 Å². The van der Waals surface area contributed by atoms with Gasteiger partial charge < -0.3 is 0 Å². The summed E-state index contributed by atoms with van der Waals surface area (Å²) in [5.74, 6) is -1.20. The molecule has 0 aliphatic heterocycles. The van der Waals surface area contributed by atoms with Crippen LogP contribution >= 0.6 is 0 Å². The zero-order valence-electron chi connectivity index (χ0n) is 30.1. The normalized spacial score (nSPS) is 11.2. The Bertz CT molecular complexity index is 671. The van der Waals surface area contributed by atoms with Crippen molar-refractivity contribution in [2.24, 2.45) is 0 Å². The van der Waals surface area contributed by atoms with Crippen LogP contribution in [0.25, 0.3) is 0 Å². The van der Waals surface area contributed by atoms with E-state index in [4.69, 9.17) is 9.22 Å². The first-order chi connectivity index (χ1) is 22.0. The van der Waals surface area contributed by atoms with E-state index < -0.39 is 38.9 Å². The van der Waals surface area contributed by atoms with Crippen molar-refractivity contribution in [3.63, 3.8) is 0 Å². The minimum atomic E-state index is -3.87. The fourth-order valence-electron chi connectivity index (χ4n) is 5.59. The van der Waals surface area contributed by atoms with Crippen LogP contribution in [0.15, 0.2) is 0 Å². The average Bonchev–Trinajstić information content (AvgIpc) is 3.02. The molecule has 0 unspecified atom stereocenters. The molecule has 0 aromatic heterocycles. The van der Waals surface area contributed by atoms with Gasteiger partial charge in [0.1, 0.15) is 0 Å². The molecule has 45 heavy (non-hydrogen) atoms. The Morgan fingerprint density at radius 3 is 0.689 bits per heavy atom. The Morgan fingerprint density at radius 2 is 0.489 bits per heavy atom. The van der Waals surface area contributed by atoms with Gasteiger partial charge in [0, 0.05) is 0 Å². The first-order valence-electron chi connectivity index (χ1n) is 19.5. The van der Waals surface area contributed by atoms with Gasteiger partial charge >= 0.3 is 236 Å². The van der Waals surface area contributed by atoms with Gasteiger partial charge in [-0.25, -0.2) is 0 Å². The molecule has 0 N–H and O–H groups in total. The van der Waals surface area contributed by atoms with Crippen molar-refractivity contribution in [2.45, 2.75) is 226 Å². The fourth-order valence-corrected chi connectivity index (χ4v) is 8.41. The molecule has 6 nitrogen and oxygen atoms in total. The number of rotatable bonds is 35. The number of carbonyl (C=O) groups is 3. The van der Waals surface area contributed by atoms with Crippen LogP contribution in [0, 0.1) is 0 Å². The molecule has 0 atom stereocenters. The summed E-state index contributed by atoms with van der Waals surface area (Å²) in [7, 11) is 0. The second-order valence-corrected chi connectivity index (χ2v) is 16.3. The molecule has 0 saturated carbocycles. The molecule has 265 valence electrons. The van der Waals surface area contributed by atoms with E-state index in [2.05, 4.69) is 20.8 Å². The Balaban J connectivity index is 4.23. The van der Waals surface area contributed by atoms with Gasteiger partial charge in [-0.2, -0.15) is 0 Å². The summed E-state index contributed by atoms with van der Waals surface area (Å²) < 4.78 is 16.5. The third kappa shape index (κ3) is 34.4. The van der Waals surface area contributed by atoms with Gasteiger partial charge in [-0.3, -0.25) is 0 Å². The zero-order chi connectivity index (χ0) is 33.1. The van der Waals surface area contributed by atoms with E-state index in [0.717, 1.165) is 70.6 Å². The molecule has 0 saturated heterocycles. The molecular formula is C38H73O6Sn. The van der Waals surface area contributed by atoms with Crippen LogP contribution in [0.4, 0.5) is 0 Å². The second-order valence-electron chi connectivity index (χ2n) is 13.1. The predicted molar refractivity (Wildman–Crippen MR) is 189 cm³/mol. The molecule has 0 aliphatic rings. The molecule has 0 bridgehead atoms. The maximum absolute atomic E-state index is 12.6. The van der Waals surface area contributed by atoms with Crippen LogP contribution in [-0.2, 0) is 23.6 Å². The molecule has 0 fully saturated rings. The third-order valence-corrected chi connectivity index (χ3v) is 11.9. The van der Waals surface area contributed by atoms with Crippen molar-refractivity contribution in [3.05, 3.63) is 0 Å². The van der Waals surface area contributed by atoms with Crippen molar-refractivity contribution in [2.75, 3.05) is 0 Å². The van der Waals surface area contributed by atoms with Crippen molar-refractivity contribution in [1.29, 1.82) is 0 Å². The Hall–Kier alpha value is -0.791. The van der Waals surface area contributed by atoms with E-state index in [9.17, 15) is 14.4 Å². The monoisotopic (exact) mass is 745 g/mol. The van der Waals surface area contributed by atoms with Crippen LogP contribution < -0.4 is 0 Å². The van der Waals surface area contributed by atoms with Crippen molar-refractivity contribution in [3.8, 4) is 0 Å². The molecule has 0 aromatic rings. The maximum atomic E-state index is 12.6. The van der Waals surface area contributed by atoms with Gasteiger partial charge in [-0.1, -0.05) is 52.4 Å². The van der Waals surface area contributed by atoms with Gasteiger partial charge in [0.05, 0.1) is 0 Å². The summed E-state index contributed by atoms with van der Waals surface area (Å²) in [6, 6.07) is 0. The van der Waals surface area contributed by atoms with Gasteiger partial charge in [0.2, 0.25) is 0 Å². The molecule has 0 heterocycles. The SMILES string of the molecule is CCCCCCCCCCCCCCCC(=O)[O][Sn]([O]C(=O)CCCCCCC)[O]C(=O)CCCCCCCCCCCCC. The fraction of sp³-hybridized carbons (Fsp3) is 0.921. The number of carbonyl (C=O) groups excluding carboxylic acids is 3. The topological polar surface area (TPSA) is 78.9 Å². The van der Waals surface area contributed by atoms with E-state index in [1.54, 1.807) is 0 Å². The minimum absolute atomic E-state index is 0.278. The van der Waals surface area contributed by atoms with Crippen LogP contribution in [0.2, 0.25) is 0 Å². The summed E-state index contributed by atoms with van der Waals surface area (Å²) in [6.07, 6.45) is 35.4. The predicted octanol–water partition coefficient (Wildman–Crippen LogP) is 12.1. The van der Waals surface area contributed by atoms with Crippen LogP contribution in [-0.4, -0.2) is 38.9 Å². The summed E-state index contributed by atoms with van der Waals surface area (Å²) >= 11 is -3.87. The second kappa shape index (κ2) is 36.1. The van der Waals surface area contributed by atoms with E-state index in [0.29, 0.717) is 0 Å². The van der Waals surface area contributed by atoms with Gasteiger partial charge in [0.25, 0.3) is 0 Å². The summed E-state index contributed by atoms with van der Waals surface area (Å²) in [5, 5.41) is 0. The standard InChI is InChI=1S/C16H32O2.C14H28O2.C8H16O2.Sn/c1-2-3-4-5-6-7-8-9-10-11-12-13-14-15-16(17)18;1-2-3-4-5-6-7-8-9-10-11-12-13-14(15)16;1-2-3-4-5-6-7-8(9)10;/h2-15H2,1H3,(H,17,18);2-13H2,1H3,(H,15,16);2-7H2,1H3,(H,9,10);/q;;;+3/p-3. The quantitative estimate of drug-likeness (QED) is 0.0475. The van der Waals surface area contributed by atoms with Crippen LogP contribution in [0.5, 0.6) is 0 Å². The summed E-state index contributed by atoms with van der Waals surface area (Å²) in [5.41, 5.74) is 0. The van der Waals surface area contributed by atoms with E-state index in [-0.39, 0.29) is 19.3 Å². The third-order valence-electron chi connectivity index (χ3n) is 8.54. The van der Waals surface area contributed by atoms with Crippen molar-refractivity contribution < 1.29 is 23.6 Å². The zero-order valence-corrected chi connectivity index (χ0v) is 32.9. The number of hydrogen-bond acceptors (Lipinski definition) is 6. The molecule has 0 spiro atoms. The van der Waals surface area contributed by atoms with E-state index >= 15 is 0 Å². The number of unbranched alkanes of at least 4 members (excludes halogenated alkanes) is 26. The van der Waals surface area contributed by atoms with Gasteiger partial charge in [-0.15, -0.1) is 0 Å². The Morgan fingerprint density at radius 1 is 0.311 bits per heavy atom. The molecule has 7 heteroatoms.